The summed E-state index contributed by atoms with van der Waals surface area (Å²) >= 11 is 0. The number of rotatable bonds is 1. The Balaban J connectivity index is 2.18. The number of aryl methyl sites for hydroxylation is 1. The maximum atomic E-state index is 13.0. The maximum Gasteiger partial charge on any atom is 0.340 e. The molecular weight excluding hydrogens is 306 g/mol. The fourth-order valence-corrected chi connectivity index (χ4v) is 3.26. The van der Waals surface area contributed by atoms with Crippen molar-refractivity contribution < 1.29 is 19.1 Å². The summed E-state index contributed by atoms with van der Waals surface area (Å²) in [6, 6.07) is 10.2. The molecule has 118 valence electrons. The predicted octanol–water partition coefficient (Wildman–Crippen LogP) is 2.81. The lowest BCUT2D eigenvalue weighted by molar-refractivity contribution is 0.0600. The van der Waals surface area contributed by atoms with Gasteiger partial charge in [-0.3, -0.25) is 9.59 Å². The van der Waals surface area contributed by atoms with Crippen molar-refractivity contribution in [1.29, 1.82) is 0 Å². The summed E-state index contributed by atoms with van der Waals surface area (Å²) in [6.45, 7) is 1.88. The zero-order valence-corrected chi connectivity index (χ0v) is 13.1. The molecule has 1 aromatic carbocycles. The van der Waals surface area contributed by atoms with Crippen LogP contribution >= 0.6 is 0 Å². The van der Waals surface area contributed by atoms with Crippen LogP contribution in [0.2, 0.25) is 0 Å². The van der Waals surface area contributed by atoms with E-state index in [-0.39, 0.29) is 28.4 Å². The van der Waals surface area contributed by atoms with Crippen molar-refractivity contribution in [2.24, 2.45) is 0 Å². The number of hydrogen-bond donors (Lipinski definition) is 0. The summed E-state index contributed by atoms with van der Waals surface area (Å²) in [7, 11) is 1.26. The molecule has 5 nitrogen and oxygen atoms in total. The van der Waals surface area contributed by atoms with Crippen LogP contribution in [0.5, 0.6) is 0 Å². The fourth-order valence-electron chi connectivity index (χ4n) is 3.26. The Bertz CT molecular complexity index is 1060. The average molecular weight is 319 g/mol. The number of fused-ring (bicyclic) bond motifs is 4. The highest BCUT2D eigenvalue weighted by Gasteiger charge is 2.38. The number of carbonyl (C=O) groups excluding carboxylic acids is 3. The molecule has 0 saturated heterocycles. The van der Waals surface area contributed by atoms with Crippen molar-refractivity contribution >= 4 is 23.1 Å². The topological polar surface area (TPSA) is 64.8 Å². The van der Waals surface area contributed by atoms with Gasteiger partial charge in [-0.05, 0) is 18.6 Å². The Kier molecular flexibility index (Phi) is 2.93. The molecule has 0 aliphatic heterocycles. The van der Waals surface area contributed by atoms with E-state index in [1.54, 1.807) is 40.9 Å². The Morgan fingerprint density at radius 3 is 2.33 bits per heavy atom. The minimum atomic E-state index is -0.627. The van der Waals surface area contributed by atoms with Gasteiger partial charge >= 0.3 is 5.97 Å². The number of esters is 1. The lowest BCUT2D eigenvalue weighted by Crippen LogP contribution is -2.22. The first-order valence-corrected chi connectivity index (χ1v) is 7.46. The van der Waals surface area contributed by atoms with Crippen LogP contribution in [0.1, 0.15) is 47.9 Å². The first-order valence-electron chi connectivity index (χ1n) is 7.46. The van der Waals surface area contributed by atoms with Crippen LogP contribution in [0, 0.1) is 6.92 Å². The van der Waals surface area contributed by atoms with Crippen LogP contribution in [0.25, 0.3) is 5.52 Å². The molecule has 0 radical (unpaired) electrons. The molecule has 2 aromatic heterocycles. The Morgan fingerprint density at radius 1 is 1.00 bits per heavy atom. The zero-order chi connectivity index (χ0) is 17.0. The molecule has 4 rings (SSSR count). The lowest BCUT2D eigenvalue weighted by atomic mass is 9.86. The molecule has 2 heterocycles. The van der Waals surface area contributed by atoms with Crippen molar-refractivity contribution in [2.45, 2.75) is 6.92 Å². The molecule has 5 heteroatoms. The molecule has 0 saturated carbocycles. The monoisotopic (exact) mass is 319 g/mol. The average Bonchev–Trinajstić information content (AvgIpc) is 2.93. The third kappa shape index (κ3) is 1.72. The Hall–Kier alpha value is -3.21. The molecule has 0 unspecified atom stereocenters. The minimum absolute atomic E-state index is 0.121. The first kappa shape index (κ1) is 14.4. The van der Waals surface area contributed by atoms with E-state index in [2.05, 4.69) is 0 Å². The van der Waals surface area contributed by atoms with Gasteiger partial charge in [-0.25, -0.2) is 4.79 Å². The molecule has 1 aliphatic carbocycles. The molecule has 24 heavy (non-hydrogen) atoms. The van der Waals surface area contributed by atoms with E-state index in [4.69, 9.17) is 4.74 Å². The van der Waals surface area contributed by atoms with Crippen LogP contribution in [0.3, 0.4) is 0 Å². The number of methoxy groups -OCH3 is 1. The summed E-state index contributed by atoms with van der Waals surface area (Å²) < 4.78 is 6.47. The summed E-state index contributed by atoms with van der Waals surface area (Å²) in [6.07, 6.45) is 1.75. The van der Waals surface area contributed by atoms with Crippen molar-refractivity contribution in [3.63, 3.8) is 0 Å². The van der Waals surface area contributed by atoms with E-state index in [1.165, 1.54) is 7.11 Å². The highest BCUT2D eigenvalue weighted by atomic mass is 16.5. The van der Waals surface area contributed by atoms with Crippen molar-refractivity contribution in [2.75, 3.05) is 7.11 Å². The van der Waals surface area contributed by atoms with Gasteiger partial charge in [0.1, 0.15) is 5.69 Å². The highest BCUT2D eigenvalue weighted by molar-refractivity contribution is 6.31. The molecule has 0 bridgehead atoms. The van der Waals surface area contributed by atoms with Gasteiger partial charge in [-0.2, -0.15) is 0 Å². The molecule has 0 N–H and O–H groups in total. The number of ketones is 2. The van der Waals surface area contributed by atoms with Crippen LogP contribution in [0.4, 0.5) is 0 Å². The summed E-state index contributed by atoms with van der Waals surface area (Å²) in [4.78, 5) is 38.3. The van der Waals surface area contributed by atoms with Crippen molar-refractivity contribution in [3.05, 3.63) is 76.1 Å². The molecule has 0 fully saturated rings. The Labute approximate surface area is 137 Å². The summed E-state index contributed by atoms with van der Waals surface area (Å²) in [5.74, 6) is -1.23. The second kappa shape index (κ2) is 4.89. The normalized spacial score (nSPS) is 12.9. The number of aromatic nitrogens is 1. The van der Waals surface area contributed by atoms with Gasteiger partial charge in [0.15, 0.2) is 5.78 Å². The van der Waals surface area contributed by atoms with E-state index in [1.807, 2.05) is 13.0 Å². The van der Waals surface area contributed by atoms with Crippen molar-refractivity contribution in [3.8, 4) is 0 Å². The standard InChI is InChI=1S/C19H13NO4/c1-10-7-8-13-14(19(23)24-2)15-16(20(13)9-10)18(22)12-6-4-3-5-11(12)17(15)21/h3-9H,1-2H3. The number of carbonyl (C=O) groups is 3. The van der Waals surface area contributed by atoms with Crippen LogP contribution in [-0.4, -0.2) is 29.0 Å². The third-order valence-corrected chi connectivity index (χ3v) is 4.33. The van der Waals surface area contributed by atoms with E-state index >= 15 is 0 Å². The number of benzene rings is 1. The number of hydrogen-bond acceptors (Lipinski definition) is 4. The quantitative estimate of drug-likeness (QED) is 0.506. The predicted molar refractivity (Wildman–Crippen MR) is 86.8 cm³/mol. The lowest BCUT2D eigenvalue weighted by Gasteiger charge is -2.15. The Morgan fingerprint density at radius 2 is 1.67 bits per heavy atom. The van der Waals surface area contributed by atoms with Gasteiger partial charge < -0.3 is 9.14 Å². The number of ether oxygens (including phenoxy) is 1. The van der Waals surface area contributed by atoms with E-state index in [0.29, 0.717) is 16.6 Å². The molecule has 0 atom stereocenters. The fraction of sp³-hybridized carbons (Fsp3) is 0.105. The highest BCUT2D eigenvalue weighted by Crippen LogP contribution is 2.34. The largest absolute Gasteiger partial charge is 0.465 e. The van der Waals surface area contributed by atoms with Gasteiger partial charge in [-0.15, -0.1) is 0 Å². The number of nitrogens with zero attached hydrogens (tertiary/aromatic N) is 1. The van der Waals surface area contributed by atoms with Gasteiger partial charge in [-0.1, -0.05) is 30.3 Å². The molecule has 0 spiro atoms. The third-order valence-electron chi connectivity index (χ3n) is 4.33. The number of pyridine rings is 1. The van der Waals surface area contributed by atoms with Gasteiger partial charge in [0.25, 0.3) is 0 Å². The van der Waals surface area contributed by atoms with Gasteiger partial charge in [0.2, 0.25) is 5.78 Å². The molecule has 1 aliphatic rings. The van der Waals surface area contributed by atoms with Gasteiger partial charge in [0, 0.05) is 17.3 Å². The SMILES string of the molecule is COC(=O)c1c2c(n3cc(C)ccc13)C(=O)c1ccccc1C2=O. The van der Waals surface area contributed by atoms with E-state index < -0.39 is 5.97 Å². The molecular formula is C19H13NO4. The zero-order valence-electron chi connectivity index (χ0n) is 13.1. The van der Waals surface area contributed by atoms with E-state index in [9.17, 15) is 14.4 Å². The first-order chi connectivity index (χ1) is 11.5. The van der Waals surface area contributed by atoms with Crippen LogP contribution in [-0.2, 0) is 4.74 Å². The molecule has 0 amide bonds. The van der Waals surface area contributed by atoms with E-state index in [0.717, 1.165) is 5.56 Å². The second-order valence-electron chi connectivity index (χ2n) is 5.76. The maximum absolute atomic E-state index is 13.0. The minimum Gasteiger partial charge on any atom is -0.465 e. The molecule has 3 aromatic rings. The van der Waals surface area contributed by atoms with Crippen LogP contribution < -0.4 is 0 Å². The van der Waals surface area contributed by atoms with Crippen molar-refractivity contribution in [1.82, 2.24) is 4.40 Å². The summed E-state index contributed by atoms with van der Waals surface area (Å²) in [5, 5.41) is 0. The second-order valence-corrected chi connectivity index (χ2v) is 5.76. The van der Waals surface area contributed by atoms with Crippen LogP contribution in [0.15, 0.2) is 42.6 Å². The summed E-state index contributed by atoms with van der Waals surface area (Å²) in [5.41, 5.74) is 2.55. The smallest absolute Gasteiger partial charge is 0.340 e. The van der Waals surface area contributed by atoms with Gasteiger partial charge in [0.05, 0.1) is 23.8 Å².